The van der Waals surface area contributed by atoms with Gasteiger partial charge in [-0.3, -0.25) is 4.90 Å². The van der Waals surface area contributed by atoms with Crippen LogP contribution in [0.4, 0.5) is 4.79 Å². The van der Waals surface area contributed by atoms with Crippen LogP contribution in [-0.4, -0.2) is 54.6 Å². The highest BCUT2D eigenvalue weighted by atomic mass is 32.2. The first-order chi connectivity index (χ1) is 13.0. The van der Waals surface area contributed by atoms with Crippen LogP contribution in [-0.2, 0) is 9.53 Å². The molecular formula is C20H27N3O3S. The maximum Gasteiger partial charge on any atom is 0.338 e. The van der Waals surface area contributed by atoms with Crippen LogP contribution < -0.4 is 10.6 Å². The van der Waals surface area contributed by atoms with Crippen molar-refractivity contribution in [1.82, 2.24) is 15.5 Å². The van der Waals surface area contributed by atoms with E-state index in [1.54, 1.807) is 6.92 Å². The highest BCUT2D eigenvalue weighted by Gasteiger charge is 2.35. The largest absolute Gasteiger partial charge is 0.463 e. The Kier molecular flexibility index (Phi) is 6.44. The second kappa shape index (κ2) is 8.80. The number of thioether (sulfide) groups is 1. The number of hydrogen-bond acceptors (Lipinski definition) is 5. The first-order valence-corrected chi connectivity index (χ1v) is 10.5. The summed E-state index contributed by atoms with van der Waals surface area (Å²) in [5.74, 6) is 1.75. The van der Waals surface area contributed by atoms with E-state index in [0.717, 1.165) is 41.3 Å². The van der Waals surface area contributed by atoms with Crippen molar-refractivity contribution >= 4 is 23.8 Å². The number of hydrogen-bond donors (Lipinski definition) is 2. The van der Waals surface area contributed by atoms with E-state index in [0.29, 0.717) is 24.4 Å². The molecule has 0 spiro atoms. The van der Waals surface area contributed by atoms with Gasteiger partial charge < -0.3 is 15.4 Å². The summed E-state index contributed by atoms with van der Waals surface area (Å²) in [6, 6.07) is 5.26. The molecule has 1 fully saturated rings. The summed E-state index contributed by atoms with van der Waals surface area (Å²) in [6.07, 6.45) is 0. The van der Waals surface area contributed by atoms with Gasteiger partial charge in [-0.15, -0.1) is 0 Å². The molecule has 0 saturated carbocycles. The molecule has 1 saturated heterocycles. The third-order valence-corrected chi connectivity index (χ3v) is 5.81. The molecule has 2 aliphatic rings. The van der Waals surface area contributed by atoms with Gasteiger partial charge in [0.2, 0.25) is 0 Å². The van der Waals surface area contributed by atoms with Crippen molar-refractivity contribution in [3.8, 4) is 0 Å². The topological polar surface area (TPSA) is 70.7 Å². The molecule has 2 heterocycles. The van der Waals surface area contributed by atoms with Crippen molar-refractivity contribution in [1.29, 1.82) is 0 Å². The van der Waals surface area contributed by atoms with Gasteiger partial charge >= 0.3 is 12.0 Å². The number of amides is 2. The van der Waals surface area contributed by atoms with Gasteiger partial charge in [0.25, 0.3) is 0 Å². The Morgan fingerprint density at radius 2 is 2.04 bits per heavy atom. The zero-order valence-corrected chi connectivity index (χ0v) is 16.9. The minimum Gasteiger partial charge on any atom is -0.463 e. The normalized spacial score (nSPS) is 20.9. The molecule has 0 aliphatic carbocycles. The van der Waals surface area contributed by atoms with E-state index < -0.39 is 6.04 Å². The van der Waals surface area contributed by atoms with Gasteiger partial charge in [0.05, 0.1) is 18.2 Å². The first kappa shape index (κ1) is 19.8. The van der Waals surface area contributed by atoms with Crippen LogP contribution in [0.1, 0.15) is 29.7 Å². The van der Waals surface area contributed by atoms with Crippen molar-refractivity contribution < 1.29 is 14.3 Å². The number of carbonyl (C=O) groups is 2. The smallest absolute Gasteiger partial charge is 0.338 e. The maximum atomic E-state index is 12.8. The molecule has 27 heavy (non-hydrogen) atoms. The Morgan fingerprint density at radius 3 is 2.70 bits per heavy atom. The Balaban J connectivity index is 2.01. The van der Waals surface area contributed by atoms with Crippen molar-refractivity contribution in [2.24, 2.45) is 0 Å². The fraction of sp³-hybridized carbons (Fsp3) is 0.500. The standard InChI is InChI=1S/C20H27N3O3S/c1-4-26-19(24)17-16(12-23-7-9-27-10-8-23)21-20(25)22-18(17)15-6-5-13(2)11-14(15)3/h5-6,11,18H,4,7-10,12H2,1-3H3,(H2,21,22,25)/t18-/m1/s1. The molecule has 0 aromatic heterocycles. The fourth-order valence-electron chi connectivity index (χ4n) is 3.56. The lowest BCUT2D eigenvalue weighted by Crippen LogP contribution is -2.49. The molecule has 1 atom stereocenters. The summed E-state index contributed by atoms with van der Waals surface area (Å²) in [5.41, 5.74) is 4.25. The predicted molar refractivity (Wildman–Crippen MR) is 108 cm³/mol. The molecule has 3 rings (SSSR count). The number of rotatable bonds is 5. The minimum absolute atomic E-state index is 0.283. The lowest BCUT2D eigenvalue weighted by molar-refractivity contribution is -0.139. The SMILES string of the molecule is CCOC(=O)C1=C(CN2CCSCC2)NC(=O)N[C@@H]1c1ccc(C)cc1C. The predicted octanol–water partition coefficient (Wildman–Crippen LogP) is 2.52. The quantitative estimate of drug-likeness (QED) is 0.758. The molecule has 1 aromatic carbocycles. The maximum absolute atomic E-state index is 12.8. The molecule has 2 amide bonds. The molecule has 0 unspecified atom stereocenters. The first-order valence-electron chi connectivity index (χ1n) is 9.34. The lowest BCUT2D eigenvalue weighted by Gasteiger charge is -2.33. The van der Waals surface area contributed by atoms with Crippen LogP contribution in [0.3, 0.4) is 0 Å². The Hall–Kier alpha value is -1.99. The van der Waals surface area contributed by atoms with Crippen molar-refractivity contribution in [3.63, 3.8) is 0 Å². The number of esters is 1. The Labute approximate surface area is 164 Å². The van der Waals surface area contributed by atoms with Crippen LogP contribution >= 0.6 is 11.8 Å². The average Bonchev–Trinajstić information content (AvgIpc) is 2.62. The van der Waals surface area contributed by atoms with Gasteiger partial charge in [-0.2, -0.15) is 11.8 Å². The number of carbonyl (C=O) groups excluding carboxylic acids is 2. The third-order valence-electron chi connectivity index (χ3n) is 4.87. The number of urea groups is 1. The van der Waals surface area contributed by atoms with E-state index in [9.17, 15) is 9.59 Å². The van der Waals surface area contributed by atoms with Gasteiger partial charge in [0.15, 0.2) is 0 Å². The minimum atomic E-state index is -0.507. The number of ether oxygens (including phenoxy) is 1. The second-order valence-electron chi connectivity index (χ2n) is 6.89. The lowest BCUT2D eigenvalue weighted by atomic mass is 9.91. The molecule has 0 radical (unpaired) electrons. The summed E-state index contributed by atoms with van der Waals surface area (Å²) in [5, 5.41) is 5.78. The van der Waals surface area contributed by atoms with Gasteiger partial charge in [0.1, 0.15) is 0 Å². The number of benzene rings is 1. The summed E-state index contributed by atoms with van der Waals surface area (Å²) in [7, 11) is 0. The van der Waals surface area contributed by atoms with E-state index in [-0.39, 0.29) is 12.0 Å². The molecular weight excluding hydrogens is 362 g/mol. The zero-order chi connectivity index (χ0) is 19.4. The Morgan fingerprint density at radius 1 is 1.30 bits per heavy atom. The van der Waals surface area contributed by atoms with E-state index in [1.165, 1.54) is 0 Å². The van der Waals surface area contributed by atoms with E-state index in [4.69, 9.17) is 4.74 Å². The highest BCUT2D eigenvalue weighted by Crippen LogP contribution is 2.30. The monoisotopic (exact) mass is 389 g/mol. The second-order valence-corrected chi connectivity index (χ2v) is 8.12. The van der Waals surface area contributed by atoms with Crippen molar-refractivity contribution in [2.75, 3.05) is 37.7 Å². The van der Waals surface area contributed by atoms with Crippen LogP contribution in [0, 0.1) is 13.8 Å². The number of nitrogens with zero attached hydrogens (tertiary/aromatic N) is 1. The zero-order valence-electron chi connectivity index (χ0n) is 16.1. The molecule has 2 aliphatic heterocycles. The Bertz CT molecular complexity index is 757. The molecule has 0 bridgehead atoms. The highest BCUT2D eigenvalue weighted by molar-refractivity contribution is 7.99. The molecule has 7 heteroatoms. The molecule has 146 valence electrons. The van der Waals surface area contributed by atoms with Gasteiger partial charge in [0, 0.05) is 36.8 Å². The summed E-state index contributed by atoms with van der Waals surface area (Å²) in [4.78, 5) is 27.5. The summed E-state index contributed by atoms with van der Waals surface area (Å²) >= 11 is 1.93. The van der Waals surface area contributed by atoms with Crippen LogP contribution in [0.15, 0.2) is 29.5 Å². The number of nitrogens with one attached hydrogen (secondary N) is 2. The van der Waals surface area contributed by atoms with Crippen LogP contribution in [0.2, 0.25) is 0 Å². The van der Waals surface area contributed by atoms with Crippen molar-refractivity contribution in [3.05, 3.63) is 46.2 Å². The van der Waals surface area contributed by atoms with Gasteiger partial charge in [-0.05, 0) is 31.9 Å². The van der Waals surface area contributed by atoms with Crippen molar-refractivity contribution in [2.45, 2.75) is 26.8 Å². The van der Waals surface area contributed by atoms with E-state index >= 15 is 0 Å². The molecule has 1 aromatic rings. The summed E-state index contributed by atoms with van der Waals surface area (Å²) in [6.45, 7) is 8.55. The van der Waals surface area contributed by atoms with E-state index in [2.05, 4.69) is 21.6 Å². The van der Waals surface area contributed by atoms with Gasteiger partial charge in [-0.1, -0.05) is 23.8 Å². The van der Waals surface area contributed by atoms with Gasteiger partial charge in [-0.25, -0.2) is 9.59 Å². The summed E-state index contributed by atoms with van der Waals surface area (Å²) < 4.78 is 5.34. The van der Waals surface area contributed by atoms with Crippen LogP contribution in [0.5, 0.6) is 0 Å². The van der Waals surface area contributed by atoms with E-state index in [1.807, 2.05) is 37.7 Å². The molecule has 6 nitrogen and oxygen atoms in total. The van der Waals surface area contributed by atoms with Crippen LogP contribution in [0.25, 0.3) is 0 Å². The molecule has 2 N–H and O–H groups in total. The average molecular weight is 390 g/mol. The fourth-order valence-corrected chi connectivity index (χ4v) is 4.54. The third kappa shape index (κ3) is 4.65. The number of aryl methyl sites for hydroxylation is 2.